The van der Waals surface area contributed by atoms with Crippen LogP contribution in [-0.4, -0.2) is 37.2 Å². The third-order valence-electron chi connectivity index (χ3n) is 13.3. The molecule has 6 nitrogen and oxygen atoms in total. The summed E-state index contributed by atoms with van der Waals surface area (Å²) in [4.78, 5) is 38.0. The summed E-state index contributed by atoms with van der Waals surface area (Å²) in [5.74, 6) is 0.826. The minimum Gasteiger partial charge on any atom is -0.462 e. The number of carbonyl (C=O) groups excluding carboxylic acids is 3. The first kappa shape index (κ1) is 61.4. The van der Waals surface area contributed by atoms with Crippen molar-refractivity contribution in [3.05, 3.63) is 0 Å². The molecule has 0 amide bonds. The van der Waals surface area contributed by atoms with E-state index in [-0.39, 0.29) is 31.1 Å². The van der Waals surface area contributed by atoms with E-state index in [1.54, 1.807) is 0 Å². The quantitative estimate of drug-likeness (QED) is 0.0344. The van der Waals surface area contributed by atoms with Crippen LogP contribution in [-0.2, 0) is 28.6 Å². The molecule has 0 heterocycles. The van der Waals surface area contributed by atoms with Crippen LogP contribution in [0.15, 0.2) is 0 Å². The maximum atomic E-state index is 12.8. The van der Waals surface area contributed by atoms with Gasteiger partial charge in [-0.3, -0.25) is 14.4 Å². The SMILES string of the molecule is CCCCCCCCCCCCCCCCC(=O)O[C@@H](COC(=O)CCCCCCCCCCCCCCCCCCCCC(C)CC)COC(=O)CCCCCCCCC(C)C. The Labute approximate surface area is 393 Å². The van der Waals surface area contributed by atoms with E-state index in [2.05, 4.69) is 34.6 Å². The van der Waals surface area contributed by atoms with Crippen LogP contribution < -0.4 is 0 Å². The molecule has 0 rings (SSSR count). The van der Waals surface area contributed by atoms with Crippen LogP contribution in [0.2, 0.25) is 0 Å². The fourth-order valence-electron chi connectivity index (χ4n) is 8.66. The van der Waals surface area contributed by atoms with Gasteiger partial charge in [0, 0.05) is 19.3 Å². The van der Waals surface area contributed by atoms with E-state index in [9.17, 15) is 14.4 Å². The van der Waals surface area contributed by atoms with Crippen LogP contribution in [0.1, 0.15) is 317 Å². The van der Waals surface area contributed by atoms with Crippen molar-refractivity contribution in [1.29, 1.82) is 0 Å². The van der Waals surface area contributed by atoms with Gasteiger partial charge >= 0.3 is 17.9 Å². The summed E-state index contributed by atoms with van der Waals surface area (Å²) in [6.45, 7) is 11.4. The van der Waals surface area contributed by atoms with Crippen LogP contribution in [0.5, 0.6) is 0 Å². The highest BCUT2D eigenvalue weighted by Gasteiger charge is 2.19. The first-order valence-corrected chi connectivity index (χ1v) is 28.3. The molecule has 0 aromatic rings. The van der Waals surface area contributed by atoms with Gasteiger partial charge in [0.1, 0.15) is 13.2 Å². The Morgan fingerprint density at radius 3 is 0.905 bits per heavy atom. The number of unbranched alkanes of at least 4 members (excludes halogenated alkanes) is 35. The Morgan fingerprint density at radius 1 is 0.333 bits per heavy atom. The Morgan fingerprint density at radius 2 is 0.603 bits per heavy atom. The zero-order valence-electron chi connectivity index (χ0n) is 43.2. The molecule has 374 valence electrons. The summed E-state index contributed by atoms with van der Waals surface area (Å²) in [7, 11) is 0. The molecule has 0 aromatic heterocycles. The molecule has 0 spiro atoms. The maximum absolute atomic E-state index is 12.8. The molecule has 0 aliphatic rings. The lowest BCUT2D eigenvalue weighted by molar-refractivity contribution is -0.167. The van der Waals surface area contributed by atoms with Crippen LogP contribution in [0, 0.1) is 11.8 Å². The predicted octanol–water partition coefficient (Wildman–Crippen LogP) is 18.5. The fraction of sp³-hybridized carbons (Fsp3) is 0.947. The van der Waals surface area contributed by atoms with Crippen LogP contribution in [0.25, 0.3) is 0 Å². The highest BCUT2D eigenvalue weighted by molar-refractivity contribution is 5.71. The average Bonchev–Trinajstić information content (AvgIpc) is 3.27. The molecule has 0 fully saturated rings. The van der Waals surface area contributed by atoms with E-state index >= 15 is 0 Å². The predicted molar refractivity (Wildman–Crippen MR) is 270 cm³/mol. The van der Waals surface area contributed by atoms with Crippen LogP contribution >= 0.6 is 0 Å². The Balaban J connectivity index is 4.17. The monoisotopic (exact) mass is 891 g/mol. The highest BCUT2D eigenvalue weighted by atomic mass is 16.6. The van der Waals surface area contributed by atoms with Crippen molar-refractivity contribution in [3.63, 3.8) is 0 Å². The Bertz CT molecular complexity index is 964. The third kappa shape index (κ3) is 49.7. The van der Waals surface area contributed by atoms with Gasteiger partial charge in [-0.05, 0) is 31.1 Å². The molecular formula is C57H110O6. The molecule has 0 radical (unpaired) electrons. The standard InChI is InChI=1S/C57H110O6/c1-6-8-9-10-11-12-13-14-22-26-29-32-39-44-49-57(60)63-54(51-62-56(59)48-43-38-34-33-35-40-45-52(3)4)50-61-55(58)47-42-37-31-28-25-23-20-18-16-15-17-19-21-24-27-30-36-41-46-53(5)7-2/h52-54H,6-51H2,1-5H3/t53?,54-/m0/s1. The molecule has 0 aromatic carbocycles. The molecule has 2 atom stereocenters. The van der Waals surface area contributed by atoms with E-state index in [0.29, 0.717) is 19.3 Å². The zero-order chi connectivity index (χ0) is 46.1. The molecule has 0 saturated carbocycles. The van der Waals surface area contributed by atoms with Gasteiger partial charge in [-0.15, -0.1) is 0 Å². The molecule has 0 N–H and O–H groups in total. The van der Waals surface area contributed by atoms with Crippen molar-refractivity contribution in [3.8, 4) is 0 Å². The zero-order valence-corrected chi connectivity index (χ0v) is 43.2. The van der Waals surface area contributed by atoms with E-state index < -0.39 is 6.10 Å². The number of hydrogen-bond donors (Lipinski definition) is 0. The Kier molecular flexibility index (Phi) is 48.6. The molecule has 63 heavy (non-hydrogen) atoms. The second-order valence-electron chi connectivity index (χ2n) is 20.3. The van der Waals surface area contributed by atoms with Gasteiger partial charge in [-0.1, -0.05) is 279 Å². The fourth-order valence-corrected chi connectivity index (χ4v) is 8.66. The molecule has 0 aliphatic heterocycles. The van der Waals surface area contributed by atoms with E-state index in [0.717, 1.165) is 69.6 Å². The van der Waals surface area contributed by atoms with Gasteiger partial charge in [0.25, 0.3) is 0 Å². The molecule has 6 heteroatoms. The number of ether oxygens (including phenoxy) is 3. The summed E-state index contributed by atoms with van der Waals surface area (Å²) in [5, 5.41) is 0. The number of hydrogen-bond acceptors (Lipinski definition) is 6. The van der Waals surface area contributed by atoms with E-state index in [1.807, 2.05) is 0 Å². The van der Waals surface area contributed by atoms with Gasteiger partial charge in [-0.2, -0.15) is 0 Å². The third-order valence-corrected chi connectivity index (χ3v) is 13.3. The van der Waals surface area contributed by atoms with Crippen molar-refractivity contribution in [2.75, 3.05) is 13.2 Å². The first-order valence-electron chi connectivity index (χ1n) is 28.3. The summed E-state index contributed by atoms with van der Waals surface area (Å²) in [6, 6.07) is 0. The molecule has 1 unspecified atom stereocenters. The van der Waals surface area contributed by atoms with Gasteiger partial charge in [-0.25, -0.2) is 0 Å². The van der Waals surface area contributed by atoms with Crippen molar-refractivity contribution in [2.45, 2.75) is 323 Å². The second kappa shape index (κ2) is 49.8. The molecule has 0 aliphatic carbocycles. The highest BCUT2D eigenvalue weighted by Crippen LogP contribution is 2.18. The smallest absolute Gasteiger partial charge is 0.306 e. The molecule has 0 bridgehead atoms. The lowest BCUT2D eigenvalue weighted by Gasteiger charge is -2.18. The summed E-state index contributed by atoms with van der Waals surface area (Å²) in [6.07, 6.45) is 52.5. The number of esters is 3. The van der Waals surface area contributed by atoms with Crippen molar-refractivity contribution < 1.29 is 28.6 Å². The second-order valence-corrected chi connectivity index (χ2v) is 20.3. The Hall–Kier alpha value is -1.59. The topological polar surface area (TPSA) is 78.9 Å². The number of carbonyl (C=O) groups is 3. The van der Waals surface area contributed by atoms with E-state index in [1.165, 1.54) is 205 Å². The first-order chi connectivity index (χ1) is 30.8. The minimum atomic E-state index is -0.762. The van der Waals surface area contributed by atoms with E-state index in [4.69, 9.17) is 14.2 Å². The van der Waals surface area contributed by atoms with Crippen molar-refractivity contribution in [1.82, 2.24) is 0 Å². The van der Waals surface area contributed by atoms with Gasteiger partial charge in [0.2, 0.25) is 0 Å². The van der Waals surface area contributed by atoms with Gasteiger partial charge in [0.05, 0.1) is 0 Å². The van der Waals surface area contributed by atoms with Crippen LogP contribution in [0.3, 0.4) is 0 Å². The minimum absolute atomic E-state index is 0.0638. The largest absolute Gasteiger partial charge is 0.462 e. The summed E-state index contributed by atoms with van der Waals surface area (Å²) >= 11 is 0. The molecular weight excluding hydrogens is 781 g/mol. The maximum Gasteiger partial charge on any atom is 0.306 e. The average molecular weight is 892 g/mol. The number of rotatable bonds is 51. The normalized spacial score (nSPS) is 12.5. The lowest BCUT2D eigenvalue weighted by atomic mass is 9.99. The van der Waals surface area contributed by atoms with Crippen LogP contribution in [0.4, 0.5) is 0 Å². The van der Waals surface area contributed by atoms with Crippen molar-refractivity contribution >= 4 is 17.9 Å². The lowest BCUT2D eigenvalue weighted by Crippen LogP contribution is -2.30. The summed E-state index contributed by atoms with van der Waals surface area (Å²) in [5.41, 5.74) is 0. The molecule has 0 saturated heterocycles. The van der Waals surface area contributed by atoms with Crippen molar-refractivity contribution in [2.24, 2.45) is 11.8 Å². The summed E-state index contributed by atoms with van der Waals surface area (Å²) < 4.78 is 16.8. The van der Waals surface area contributed by atoms with Gasteiger partial charge < -0.3 is 14.2 Å². The van der Waals surface area contributed by atoms with Gasteiger partial charge in [0.15, 0.2) is 6.10 Å².